The molecular formula is C12H11F2NO2S. The predicted molar refractivity (Wildman–Crippen MR) is 60.3 cm³/mol. The highest BCUT2D eigenvalue weighted by Gasteiger charge is 2.64. The largest absolute Gasteiger partial charge is 0.222 e. The quantitative estimate of drug-likeness (QED) is 0.848. The summed E-state index contributed by atoms with van der Waals surface area (Å²) < 4.78 is 49.5. The molecule has 18 heavy (non-hydrogen) atoms. The summed E-state index contributed by atoms with van der Waals surface area (Å²) in [6.07, 6.45) is 0.696. The lowest BCUT2D eigenvalue weighted by Crippen LogP contribution is -2.25. The molecule has 2 rings (SSSR count). The van der Waals surface area contributed by atoms with Crippen LogP contribution in [0.1, 0.15) is 19.8 Å². The number of nitrogens with zero attached hydrogens (tertiary/aromatic N) is 1. The minimum atomic E-state index is -4.17. The van der Waals surface area contributed by atoms with E-state index in [2.05, 4.69) is 0 Å². The van der Waals surface area contributed by atoms with E-state index in [1.807, 2.05) is 0 Å². The van der Waals surface area contributed by atoms with E-state index in [4.69, 9.17) is 5.26 Å². The van der Waals surface area contributed by atoms with Crippen LogP contribution in [-0.2, 0) is 9.84 Å². The van der Waals surface area contributed by atoms with Crippen LogP contribution in [0, 0.1) is 28.9 Å². The molecule has 3 nitrogen and oxygen atoms in total. The van der Waals surface area contributed by atoms with E-state index in [0.29, 0.717) is 12.5 Å². The third-order valence-electron chi connectivity index (χ3n) is 3.39. The van der Waals surface area contributed by atoms with Gasteiger partial charge in [0.1, 0.15) is 16.5 Å². The molecule has 0 N–H and O–H groups in total. The van der Waals surface area contributed by atoms with Crippen LogP contribution < -0.4 is 0 Å². The second-order valence-electron chi connectivity index (χ2n) is 4.39. The number of rotatable bonds is 3. The normalized spacial score (nSPS) is 26.7. The highest BCUT2D eigenvalue weighted by Crippen LogP contribution is 2.54. The SMILES string of the molecule is CCC1CC1(C#N)S(=O)(=O)c1cc(F)ccc1F. The zero-order chi connectivity index (χ0) is 13.6. The van der Waals surface area contributed by atoms with Crippen molar-refractivity contribution in [1.29, 1.82) is 5.26 Å². The molecule has 0 aliphatic heterocycles. The van der Waals surface area contributed by atoms with Gasteiger partial charge in [0, 0.05) is 0 Å². The van der Waals surface area contributed by atoms with Gasteiger partial charge in [-0.2, -0.15) is 5.26 Å². The van der Waals surface area contributed by atoms with Crippen LogP contribution in [0.4, 0.5) is 8.78 Å². The molecule has 1 fully saturated rings. The van der Waals surface area contributed by atoms with E-state index in [-0.39, 0.29) is 12.3 Å². The Bertz CT molecular complexity index is 636. The number of hydrogen-bond donors (Lipinski definition) is 0. The van der Waals surface area contributed by atoms with Crippen molar-refractivity contribution in [3.8, 4) is 6.07 Å². The highest BCUT2D eigenvalue weighted by atomic mass is 32.2. The number of benzene rings is 1. The fourth-order valence-corrected chi connectivity index (χ4v) is 4.32. The van der Waals surface area contributed by atoms with E-state index in [1.54, 1.807) is 13.0 Å². The van der Waals surface area contributed by atoms with Gasteiger partial charge < -0.3 is 0 Å². The monoisotopic (exact) mass is 271 g/mol. The van der Waals surface area contributed by atoms with Gasteiger partial charge >= 0.3 is 0 Å². The molecule has 6 heteroatoms. The Balaban J connectivity index is 2.57. The third kappa shape index (κ3) is 1.62. The molecule has 0 radical (unpaired) electrons. The first-order valence-electron chi connectivity index (χ1n) is 5.50. The Kier molecular flexibility index (Phi) is 2.90. The second-order valence-corrected chi connectivity index (χ2v) is 6.56. The highest BCUT2D eigenvalue weighted by molar-refractivity contribution is 7.93. The van der Waals surface area contributed by atoms with Crippen molar-refractivity contribution in [2.75, 3.05) is 0 Å². The lowest BCUT2D eigenvalue weighted by Gasteiger charge is -2.11. The zero-order valence-electron chi connectivity index (χ0n) is 9.65. The molecule has 1 aromatic carbocycles. The Morgan fingerprint density at radius 3 is 2.67 bits per heavy atom. The summed E-state index contributed by atoms with van der Waals surface area (Å²) in [5.41, 5.74) is 0. The Morgan fingerprint density at radius 2 is 2.17 bits per heavy atom. The van der Waals surface area contributed by atoms with Gasteiger partial charge in [0.25, 0.3) is 0 Å². The van der Waals surface area contributed by atoms with Crippen molar-refractivity contribution in [2.45, 2.75) is 29.4 Å². The van der Waals surface area contributed by atoms with Gasteiger partial charge in [-0.05, 0) is 30.5 Å². The van der Waals surface area contributed by atoms with Crippen LogP contribution in [0.3, 0.4) is 0 Å². The van der Waals surface area contributed by atoms with Crippen LogP contribution in [0.5, 0.6) is 0 Å². The predicted octanol–water partition coefficient (Wildman–Crippen LogP) is 2.43. The van der Waals surface area contributed by atoms with E-state index in [0.717, 1.165) is 12.1 Å². The first-order valence-corrected chi connectivity index (χ1v) is 6.98. The van der Waals surface area contributed by atoms with Crippen LogP contribution >= 0.6 is 0 Å². The molecule has 1 aliphatic rings. The van der Waals surface area contributed by atoms with Crippen LogP contribution in [0.15, 0.2) is 23.1 Å². The van der Waals surface area contributed by atoms with Crippen molar-refractivity contribution in [3.05, 3.63) is 29.8 Å². The number of hydrogen-bond acceptors (Lipinski definition) is 3. The van der Waals surface area contributed by atoms with E-state index >= 15 is 0 Å². The third-order valence-corrected chi connectivity index (χ3v) is 5.84. The molecule has 1 aromatic rings. The molecule has 0 amide bonds. The van der Waals surface area contributed by atoms with E-state index in [9.17, 15) is 17.2 Å². The Morgan fingerprint density at radius 1 is 1.50 bits per heavy atom. The maximum Gasteiger partial charge on any atom is 0.200 e. The molecule has 1 saturated carbocycles. The molecule has 2 atom stereocenters. The van der Waals surface area contributed by atoms with Crippen molar-refractivity contribution in [3.63, 3.8) is 0 Å². The smallest absolute Gasteiger partial charge is 0.200 e. The lowest BCUT2D eigenvalue weighted by molar-refractivity contribution is 0.546. The fraction of sp³-hybridized carbons (Fsp3) is 0.417. The van der Waals surface area contributed by atoms with Gasteiger partial charge in [0.15, 0.2) is 4.75 Å². The summed E-state index contributed by atoms with van der Waals surface area (Å²) in [7, 11) is -4.17. The Labute approximate surface area is 104 Å². The van der Waals surface area contributed by atoms with Crippen LogP contribution in [-0.4, -0.2) is 13.2 Å². The minimum Gasteiger partial charge on any atom is -0.222 e. The average Bonchev–Trinajstić information content (AvgIpc) is 3.07. The zero-order valence-corrected chi connectivity index (χ0v) is 10.5. The molecule has 0 aromatic heterocycles. The summed E-state index contributed by atoms with van der Waals surface area (Å²) in [6, 6.07) is 4.00. The average molecular weight is 271 g/mol. The first kappa shape index (κ1) is 13.0. The van der Waals surface area contributed by atoms with Crippen molar-refractivity contribution < 1.29 is 17.2 Å². The van der Waals surface area contributed by atoms with Crippen LogP contribution in [0.25, 0.3) is 0 Å². The van der Waals surface area contributed by atoms with Crippen molar-refractivity contribution in [1.82, 2.24) is 0 Å². The lowest BCUT2D eigenvalue weighted by atomic mass is 10.3. The molecule has 0 bridgehead atoms. The van der Waals surface area contributed by atoms with E-state index < -0.39 is 31.1 Å². The molecule has 0 heterocycles. The molecular weight excluding hydrogens is 260 g/mol. The summed E-state index contributed by atoms with van der Waals surface area (Å²) >= 11 is 0. The molecule has 1 aliphatic carbocycles. The fourth-order valence-electron chi connectivity index (χ4n) is 2.19. The number of halogens is 2. The number of nitriles is 1. The van der Waals surface area contributed by atoms with Crippen molar-refractivity contribution in [2.24, 2.45) is 5.92 Å². The molecule has 0 spiro atoms. The summed E-state index contributed by atoms with van der Waals surface area (Å²) in [5.74, 6) is -2.17. The van der Waals surface area contributed by atoms with Gasteiger partial charge in [0.2, 0.25) is 9.84 Å². The summed E-state index contributed by atoms with van der Waals surface area (Å²) in [5, 5.41) is 9.07. The van der Waals surface area contributed by atoms with Crippen LogP contribution in [0.2, 0.25) is 0 Å². The molecule has 2 unspecified atom stereocenters. The van der Waals surface area contributed by atoms with E-state index in [1.165, 1.54) is 0 Å². The maximum atomic E-state index is 13.5. The Hall–Kier alpha value is -1.48. The molecule has 96 valence electrons. The molecule has 0 saturated heterocycles. The van der Waals surface area contributed by atoms with Gasteiger partial charge in [-0.15, -0.1) is 0 Å². The van der Waals surface area contributed by atoms with Gasteiger partial charge in [-0.1, -0.05) is 13.3 Å². The van der Waals surface area contributed by atoms with Gasteiger partial charge in [-0.25, -0.2) is 17.2 Å². The summed E-state index contributed by atoms with van der Waals surface area (Å²) in [6.45, 7) is 1.77. The standard InChI is InChI=1S/C12H11F2NO2S/c1-2-8-6-12(8,7-15)18(16,17)11-5-9(13)3-4-10(11)14/h3-5,8H,2,6H2,1H3. The summed E-state index contributed by atoms with van der Waals surface area (Å²) in [4.78, 5) is -0.722. The number of sulfone groups is 1. The second kappa shape index (κ2) is 4.02. The first-order chi connectivity index (χ1) is 8.39. The topological polar surface area (TPSA) is 57.9 Å². The maximum absolute atomic E-state index is 13.5. The minimum absolute atomic E-state index is 0.179. The van der Waals surface area contributed by atoms with Crippen molar-refractivity contribution >= 4 is 9.84 Å². The van der Waals surface area contributed by atoms with Gasteiger partial charge in [0.05, 0.1) is 6.07 Å². The van der Waals surface area contributed by atoms with Gasteiger partial charge in [-0.3, -0.25) is 0 Å².